The summed E-state index contributed by atoms with van der Waals surface area (Å²) < 4.78 is 13.4. The lowest BCUT2D eigenvalue weighted by molar-refractivity contribution is 0.138. The summed E-state index contributed by atoms with van der Waals surface area (Å²) in [5.74, 6) is 0. The second-order valence-electron chi connectivity index (χ2n) is 5.72. The maximum atomic E-state index is 13.4. The fraction of sp³-hybridized carbons (Fsp3) is 0.833. The number of hydrogen-bond acceptors (Lipinski definition) is 2. The number of nitrogens with zero attached hydrogens (tertiary/aromatic N) is 1. The van der Waals surface area contributed by atoms with Gasteiger partial charge in [0.25, 0.3) is 0 Å². The van der Waals surface area contributed by atoms with E-state index in [0.29, 0.717) is 6.54 Å². The van der Waals surface area contributed by atoms with Crippen molar-refractivity contribution in [2.24, 2.45) is 11.1 Å². The summed E-state index contributed by atoms with van der Waals surface area (Å²) in [6, 6.07) is -0.288. The Balaban J connectivity index is 2.48. The Labute approximate surface area is 92.3 Å². The van der Waals surface area contributed by atoms with Crippen LogP contribution in [0, 0.1) is 5.41 Å². The number of hydrogen-bond donors (Lipinski definition) is 1. The predicted octanol–water partition coefficient (Wildman–Crippen LogP) is 2.31. The molecule has 2 atom stereocenters. The number of rotatable bonds is 2. The van der Waals surface area contributed by atoms with Crippen molar-refractivity contribution in [1.82, 2.24) is 4.90 Å². The molecule has 88 valence electrons. The van der Waals surface area contributed by atoms with E-state index in [2.05, 4.69) is 27.4 Å². The van der Waals surface area contributed by atoms with Crippen LogP contribution in [0.3, 0.4) is 0 Å². The molecule has 1 aliphatic heterocycles. The second kappa shape index (κ2) is 4.52. The molecule has 1 heterocycles. The Hall–Kier alpha value is -0.570. The van der Waals surface area contributed by atoms with Crippen LogP contribution in [0.4, 0.5) is 4.39 Å². The van der Waals surface area contributed by atoms with Crippen LogP contribution in [0.25, 0.3) is 0 Å². The van der Waals surface area contributed by atoms with Crippen LogP contribution in [0.1, 0.15) is 33.6 Å². The molecule has 2 N–H and O–H groups in total. The van der Waals surface area contributed by atoms with Crippen LogP contribution in [0.5, 0.6) is 0 Å². The van der Waals surface area contributed by atoms with E-state index in [1.54, 1.807) is 0 Å². The van der Waals surface area contributed by atoms with Crippen LogP contribution in [-0.4, -0.2) is 30.2 Å². The van der Waals surface area contributed by atoms with Gasteiger partial charge in [-0.05, 0) is 18.3 Å². The van der Waals surface area contributed by atoms with Gasteiger partial charge in [0.2, 0.25) is 0 Å². The largest absolute Gasteiger partial charge is 0.372 e. The third-order valence-electron chi connectivity index (χ3n) is 2.77. The van der Waals surface area contributed by atoms with E-state index in [4.69, 9.17) is 5.73 Å². The minimum Gasteiger partial charge on any atom is -0.372 e. The molecule has 0 bridgehead atoms. The van der Waals surface area contributed by atoms with Crippen LogP contribution in [0.15, 0.2) is 12.3 Å². The van der Waals surface area contributed by atoms with Crippen molar-refractivity contribution in [3.8, 4) is 0 Å². The summed E-state index contributed by atoms with van der Waals surface area (Å²) in [5.41, 5.74) is 6.89. The summed E-state index contributed by atoms with van der Waals surface area (Å²) in [5, 5.41) is 0. The second-order valence-corrected chi connectivity index (χ2v) is 5.72. The molecule has 3 heteroatoms. The number of allylic oxidation sites excluding steroid dienone is 1. The average molecular weight is 214 g/mol. The molecule has 0 aromatic rings. The normalized spacial score (nSPS) is 27.9. The van der Waals surface area contributed by atoms with Crippen LogP contribution in [0.2, 0.25) is 0 Å². The summed E-state index contributed by atoms with van der Waals surface area (Å²) in [4.78, 5) is 2.04. The van der Waals surface area contributed by atoms with E-state index >= 15 is 0 Å². The highest BCUT2D eigenvalue weighted by molar-refractivity contribution is 5.01. The Morgan fingerprint density at radius 3 is 2.60 bits per heavy atom. The van der Waals surface area contributed by atoms with E-state index < -0.39 is 6.17 Å². The van der Waals surface area contributed by atoms with Crippen LogP contribution in [-0.2, 0) is 0 Å². The Bertz CT molecular complexity index is 232. The minimum absolute atomic E-state index is 0.211. The van der Waals surface area contributed by atoms with E-state index in [9.17, 15) is 4.39 Å². The minimum atomic E-state index is -0.907. The summed E-state index contributed by atoms with van der Waals surface area (Å²) in [6.45, 7) is 11.8. The molecule has 15 heavy (non-hydrogen) atoms. The van der Waals surface area contributed by atoms with Crippen molar-refractivity contribution in [2.75, 3.05) is 13.1 Å². The molecule has 0 aliphatic carbocycles. The highest BCUT2D eigenvalue weighted by Gasteiger charge is 2.27. The zero-order chi connectivity index (χ0) is 11.6. The van der Waals surface area contributed by atoms with Crippen molar-refractivity contribution < 1.29 is 4.39 Å². The number of piperidine rings is 1. The summed E-state index contributed by atoms with van der Waals surface area (Å²) in [6.07, 6.45) is 0.731. The van der Waals surface area contributed by atoms with E-state index in [1.165, 1.54) is 0 Å². The predicted molar refractivity (Wildman–Crippen MR) is 62.3 cm³/mol. The molecule has 1 saturated heterocycles. The van der Waals surface area contributed by atoms with E-state index in [-0.39, 0.29) is 11.5 Å². The first kappa shape index (κ1) is 12.5. The number of nitrogens with two attached hydrogens (primary N) is 1. The van der Waals surface area contributed by atoms with E-state index in [0.717, 1.165) is 25.1 Å². The quantitative estimate of drug-likeness (QED) is 0.764. The maximum absolute atomic E-state index is 13.4. The molecule has 0 aromatic carbocycles. The highest BCUT2D eigenvalue weighted by atomic mass is 19.1. The Morgan fingerprint density at radius 1 is 1.53 bits per heavy atom. The van der Waals surface area contributed by atoms with Gasteiger partial charge >= 0.3 is 0 Å². The smallest absolute Gasteiger partial charge is 0.133 e. The van der Waals surface area contributed by atoms with Gasteiger partial charge in [0.1, 0.15) is 6.17 Å². The molecule has 1 aliphatic rings. The van der Waals surface area contributed by atoms with Gasteiger partial charge in [-0.25, -0.2) is 4.39 Å². The molecular weight excluding hydrogens is 191 g/mol. The monoisotopic (exact) mass is 214 g/mol. The molecule has 2 nitrogen and oxygen atoms in total. The SMILES string of the molecule is C=C(CC(C)(C)C)N1CC[C@H](N)C(F)C1. The number of halogens is 1. The van der Waals surface area contributed by atoms with Crippen LogP contribution >= 0.6 is 0 Å². The first-order valence-corrected chi connectivity index (χ1v) is 5.62. The van der Waals surface area contributed by atoms with Gasteiger partial charge in [0.15, 0.2) is 0 Å². The summed E-state index contributed by atoms with van der Waals surface area (Å²) >= 11 is 0. The molecule has 0 amide bonds. The van der Waals surface area contributed by atoms with Crippen molar-refractivity contribution in [2.45, 2.75) is 45.8 Å². The number of likely N-dealkylation sites (tertiary alicyclic amines) is 1. The fourth-order valence-corrected chi connectivity index (χ4v) is 1.93. The van der Waals surface area contributed by atoms with E-state index in [1.807, 2.05) is 4.90 Å². The van der Waals surface area contributed by atoms with Crippen LogP contribution < -0.4 is 5.73 Å². The van der Waals surface area contributed by atoms with Crippen molar-refractivity contribution >= 4 is 0 Å². The zero-order valence-corrected chi connectivity index (χ0v) is 10.1. The summed E-state index contributed by atoms with van der Waals surface area (Å²) in [7, 11) is 0. The van der Waals surface area contributed by atoms with Gasteiger partial charge in [-0.15, -0.1) is 0 Å². The van der Waals surface area contributed by atoms with Gasteiger partial charge in [-0.2, -0.15) is 0 Å². The molecule has 0 radical (unpaired) electrons. The lowest BCUT2D eigenvalue weighted by atomic mass is 9.89. The third-order valence-corrected chi connectivity index (χ3v) is 2.77. The Kier molecular flexibility index (Phi) is 3.77. The van der Waals surface area contributed by atoms with Gasteiger partial charge in [0.05, 0.1) is 6.54 Å². The number of alkyl halides is 1. The first-order valence-electron chi connectivity index (χ1n) is 5.62. The average Bonchev–Trinajstić information content (AvgIpc) is 2.06. The Morgan fingerprint density at radius 2 is 2.13 bits per heavy atom. The van der Waals surface area contributed by atoms with Gasteiger partial charge < -0.3 is 10.6 Å². The molecule has 0 saturated carbocycles. The van der Waals surface area contributed by atoms with Gasteiger partial charge in [-0.1, -0.05) is 27.4 Å². The molecule has 1 fully saturated rings. The fourth-order valence-electron chi connectivity index (χ4n) is 1.93. The van der Waals surface area contributed by atoms with Gasteiger partial charge in [0, 0.05) is 18.3 Å². The molecule has 1 unspecified atom stereocenters. The third kappa shape index (κ3) is 3.82. The molecule has 1 rings (SSSR count). The van der Waals surface area contributed by atoms with Crippen molar-refractivity contribution in [3.05, 3.63) is 12.3 Å². The maximum Gasteiger partial charge on any atom is 0.133 e. The molecular formula is C12H23FN2. The lowest BCUT2D eigenvalue weighted by Gasteiger charge is -2.37. The molecule has 0 spiro atoms. The topological polar surface area (TPSA) is 29.3 Å². The standard InChI is InChI=1S/C12H23FN2/c1-9(7-12(2,3)4)15-6-5-11(14)10(13)8-15/h10-11H,1,5-8,14H2,2-4H3/t10?,11-/m0/s1. The van der Waals surface area contributed by atoms with Gasteiger partial charge in [-0.3, -0.25) is 0 Å². The zero-order valence-electron chi connectivity index (χ0n) is 10.1. The lowest BCUT2D eigenvalue weighted by Crippen LogP contribution is -2.48. The molecule has 0 aromatic heterocycles. The highest BCUT2D eigenvalue weighted by Crippen LogP contribution is 2.27. The first-order chi connectivity index (χ1) is 6.79. The van der Waals surface area contributed by atoms with Crippen molar-refractivity contribution in [1.29, 1.82) is 0 Å². The van der Waals surface area contributed by atoms with Crippen molar-refractivity contribution in [3.63, 3.8) is 0 Å².